The van der Waals surface area contributed by atoms with Crippen molar-refractivity contribution >= 4 is 48.9 Å². The summed E-state index contributed by atoms with van der Waals surface area (Å²) in [6.07, 6.45) is 7.76. The number of carbonyl (C=O) groups is 1. The molecule has 0 aliphatic carbocycles. The summed E-state index contributed by atoms with van der Waals surface area (Å²) in [5.74, 6) is 1.85. The molecule has 3 aromatic carbocycles. The molecule has 0 unspecified atom stereocenters. The SMILES string of the molecule is CCC(C)(CC)C(=O)/C=C(\O)C(C)(CC)CC.Cc1c(-c2cccc3sc(CC(C)C)c(C)c23)oc2c(-c3[c-]c4ccccc4c(C(C)(C)C)c3)nccc12.[Ir]. The Labute approximate surface area is 353 Å². The number of aliphatic hydroxyl groups excluding tert-OH is 1. The second-order valence-electron chi connectivity index (χ2n) is 17.3. The van der Waals surface area contributed by atoms with E-state index in [2.05, 4.69) is 109 Å². The van der Waals surface area contributed by atoms with Crippen LogP contribution in [0.15, 0.2) is 77.0 Å². The number of ketones is 1. The van der Waals surface area contributed by atoms with Crippen LogP contribution in [0, 0.1) is 36.7 Å². The van der Waals surface area contributed by atoms with E-state index in [0.717, 1.165) is 71.0 Å². The summed E-state index contributed by atoms with van der Waals surface area (Å²) >= 11 is 1.92. The molecule has 0 bridgehead atoms. The predicted molar refractivity (Wildman–Crippen MR) is 236 cm³/mol. The van der Waals surface area contributed by atoms with Gasteiger partial charge in [-0.05, 0) is 75.0 Å². The van der Waals surface area contributed by atoms with Gasteiger partial charge >= 0.3 is 0 Å². The van der Waals surface area contributed by atoms with Gasteiger partial charge in [0.2, 0.25) is 0 Å². The first-order chi connectivity index (χ1) is 25.9. The van der Waals surface area contributed by atoms with Crippen molar-refractivity contribution < 1.29 is 34.4 Å². The second-order valence-corrected chi connectivity index (χ2v) is 18.5. The first-order valence-electron chi connectivity index (χ1n) is 20.2. The van der Waals surface area contributed by atoms with Gasteiger partial charge in [-0.25, -0.2) is 0 Å². The van der Waals surface area contributed by atoms with Gasteiger partial charge in [-0.3, -0.25) is 9.78 Å². The number of hydrogen-bond donors (Lipinski definition) is 1. The number of aryl methyl sites for hydroxylation is 2. The Morgan fingerprint density at radius 2 is 1.52 bits per heavy atom. The van der Waals surface area contributed by atoms with Crippen LogP contribution >= 0.6 is 11.3 Å². The Morgan fingerprint density at radius 3 is 2.12 bits per heavy atom. The Kier molecular flexibility index (Phi) is 14.4. The second kappa shape index (κ2) is 17.9. The van der Waals surface area contributed by atoms with Gasteiger partial charge in [0.05, 0.1) is 0 Å². The summed E-state index contributed by atoms with van der Waals surface area (Å²) in [4.78, 5) is 18.5. The van der Waals surface area contributed by atoms with Crippen molar-refractivity contribution in [3.05, 3.63) is 100 Å². The molecule has 301 valence electrons. The monoisotopic (exact) mass is 949 g/mol. The standard InChI is InChI=1S/C35H34NOS.C15H28O2.Ir/c1-20(2)17-30-22(4)31-27(13-10-14-29(31)38-30)33-21(3)25-15-16-36-32(34(25)37-33)24-18-23-11-8-9-12-26(23)28(19-24)35(5,6)7;1-7-14(5,8-2)12(16)11-13(17)15(6,9-3)10-4;/h8-16,19-20H,17H2,1-7H3;11,16H,7-10H2,1-6H3;/q-1;;/b;12-11-;. The smallest absolute Gasteiger partial charge is 0.164 e. The van der Waals surface area contributed by atoms with E-state index >= 15 is 0 Å². The van der Waals surface area contributed by atoms with E-state index < -0.39 is 0 Å². The van der Waals surface area contributed by atoms with Gasteiger partial charge < -0.3 is 9.52 Å². The predicted octanol–water partition coefficient (Wildman–Crippen LogP) is 15.1. The average molecular weight is 949 g/mol. The summed E-state index contributed by atoms with van der Waals surface area (Å²) in [5.41, 5.74) is 7.04. The number of thiophene rings is 1. The van der Waals surface area contributed by atoms with Crippen LogP contribution in [0.5, 0.6) is 0 Å². The van der Waals surface area contributed by atoms with Crippen LogP contribution in [0.1, 0.15) is 123 Å². The first kappa shape index (κ1) is 45.1. The van der Waals surface area contributed by atoms with Gasteiger partial charge in [-0.2, -0.15) is 0 Å². The number of benzene rings is 3. The Bertz CT molecular complexity index is 2340. The van der Waals surface area contributed by atoms with Gasteiger partial charge in [0.1, 0.15) is 17.1 Å². The van der Waals surface area contributed by atoms with Gasteiger partial charge in [-0.15, -0.1) is 40.5 Å². The molecule has 1 N–H and O–H groups in total. The molecular formula is C50H62IrNO3S-. The number of hydrogen-bond acceptors (Lipinski definition) is 5. The van der Waals surface area contributed by atoms with Gasteiger partial charge in [-0.1, -0.05) is 117 Å². The van der Waals surface area contributed by atoms with E-state index in [1.54, 1.807) is 0 Å². The molecule has 1 radical (unpaired) electrons. The number of pyridine rings is 1. The molecule has 3 aromatic heterocycles. The summed E-state index contributed by atoms with van der Waals surface area (Å²) in [7, 11) is 0. The Balaban J connectivity index is 0.000000330. The largest absolute Gasteiger partial charge is 0.512 e. The van der Waals surface area contributed by atoms with Crippen molar-refractivity contribution in [3.63, 3.8) is 0 Å². The fraction of sp³-hybridized carbons (Fsp3) is 0.440. The normalized spacial score (nSPS) is 12.6. The van der Waals surface area contributed by atoms with Crippen LogP contribution in [0.3, 0.4) is 0 Å². The van der Waals surface area contributed by atoms with Crippen LogP contribution in [0.2, 0.25) is 0 Å². The number of aliphatic hydroxyl groups is 1. The summed E-state index contributed by atoms with van der Waals surface area (Å²) < 4.78 is 8.11. The van der Waals surface area contributed by atoms with Crippen molar-refractivity contribution in [2.75, 3.05) is 0 Å². The van der Waals surface area contributed by atoms with Crippen LogP contribution in [-0.2, 0) is 36.7 Å². The molecule has 56 heavy (non-hydrogen) atoms. The van der Waals surface area contributed by atoms with E-state index in [1.807, 2.05) is 59.1 Å². The van der Waals surface area contributed by atoms with Gasteiger partial charge in [0, 0.05) is 80.4 Å². The fourth-order valence-corrected chi connectivity index (χ4v) is 8.81. The number of nitrogens with zero attached hydrogens (tertiary/aromatic N) is 1. The van der Waals surface area contributed by atoms with Crippen LogP contribution in [0.4, 0.5) is 0 Å². The molecule has 0 aliphatic heterocycles. The third-order valence-electron chi connectivity index (χ3n) is 12.2. The Hall–Kier alpha value is -3.57. The maximum Gasteiger partial charge on any atom is 0.164 e. The molecular weight excluding hydrogens is 887 g/mol. The van der Waals surface area contributed by atoms with Crippen molar-refractivity contribution in [2.24, 2.45) is 16.7 Å². The minimum Gasteiger partial charge on any atom is -0.512 e. The van der Waals surface area contributed by atoms with Crippen molar-refractivity contribution in [3.8, 4) is 22.6 Å². The van der Waals surface area contributed by atoms with Crippen molar-refractivity contribution in [1.29, 1.82) is 0 Å². The third-order valence-corrected chi connectivity index (χ3v) is 13.5. The maximum absolute atomic E-state index is 12.2. The molecule has 4 nitrogen and oxygen atoms in total. The average Bonchev–Trinajstić information content (AvgIpc) is 3.68. The first-order valence-corrected chi connectivity index (χ1v) is 21.0. The van der Waals surface area contributed by atoms with Crippen molar-refractivity contribution in [1.82, 2.24) is 4.98 Å². The number of rotatable bonds is 11. The number of allylic oxidation sites excluding steroid dienone is 2. The number of carbonyl (C=O) groups excluding carboxylic acids is 1. The van der Waals surface area contributed by atoms with E-state index in [4.69, 9.17) is 9.40 Å². The maximum atomic E-state index is 12.2. The third kappa shape index (κ3) is 8.94. The molecule has 6 heteroatoms. The number of fused-ring (bicyclic) bond motifs is 3. The molecule has 3 heterocycles. The summed E-state index contributed by atoms with van der Waals surface area (Å²) in [6.45, 7) is 27.9. The van der Waals surface area contributed by atoms with Crippen LogP contribution in [-0.4, -0.2) is 15.9 Å². The van der Waals surface area contributed by atoms with E-state index in [0.29, 0.717) is 5.92 Å². The van der Waals surface area contributed by atoms with Gasteiger partial charge in [0.25, 0.3) is 0 Å². The molecule has 0 saturated heterocycles. The number of aromatic nitrogens is 1. The zero-order chi connectivity index (χ0) is 40.5. The minimum atomic E-state index is -0.337. The van der Waals surface area contributed by atoms with Crippen molar-refractivity contribution in [2.45, 2.75) is 128 Å². The molecule has 6 rings (SSSR count). The van der Waals surface area contributed by atoms with E-state index in [-0.39, 0.29) is 47.9 Å². The quantitative estimate of drug-likeness (QED) is 0.0798. The fourth-order valence-electron chi connectivity index (χ4n) is 7.36. The molecule has 0 saturated carbocycles. The number of furan rings is 1. The molecule has 6 aromatic rings. The molecule has 0 aliphatic rings. The molecule has 0 spiro atoms. The zero-order valence-electron chi connectivity index (χ0n) is 35.9. The minimum absolute atomic E-state index is 0. The molecule has 0 fully saturated rings. The summed E-state index contributed by atoms with van der Waals surface area (Å²) in [6, 6.07) is 23.1. The Morgan fingerprint density at radius 1 is 0.875 bits per heavy atom. The van der Waals surface area contributed by atoms with Gasteiger partial charge in [0.15, 0.2) is 5.78 Å². The van der Waals surface area contributed by atoms with E-state index in [1.165, 1.54) is 43.1 Å². The van der Waals surface area contributed by atoms with E-state index in [9.17, 15) is 9.90 Å². The topological polar surface area (TPSA) is 63.3 Å². The summed E-state index contributed by atoms with van der Waals surface area (Å²) in [5, 5.41) is 14.9. The molecule has 0 atom stereocenters. The van der Waals surface area contributed by atoms with Crippen LogP contribution < -0.4 is 0 Å². The zero-order valence-corrected chi connectivity index (χ0v) is 39.1. The van der Waals surface area contributed by atoms with Crippen LogP contribution in [0.25, 0.3) is 54.4 Å². The molecule has 0 amide bonds.